The summed E-state index contributed by atoms with van der Waals surface area (Å²) in [5, 5.41) is 12.0. The first-order valence-corrected chi connectivity index (χ1v) is 6.13. The van der Waals surface area contributed by atoms with Crippen LogP contribution in [0.3, 0.4) is 0 Å². The van der Waals surface area contributed by atoms with Gasteiger partial charge < -0.3 is 10.4 Å². The van der Waals surface area contributed by atoms with Crippen LogP contribution in [0.15, 0.2) is 18.2 Å². The Hall–Kier alpha value is -1.26. The summed E-state index contributed by atoms with van der Waals surface area (Å²) in [5.41, 5.74) is 0.396. The van der Waals surface area contributed by atoms with Crippen LogP contribution in [0.25, 0.3) is 0 Å². The molecule has 0 bridgehead atoms. The number of halogens is 2. The van der Waals surface area contributed by atoms with Gasteiger partial charge in [-0.2, -0.15) is 0 Å². The van der Waals surface area contributed by atoms with Gasteiger partial charge in [-0.25, -0.2) is 0 Å². The van der Waals surface area contributed by atoms with E-state index in [2.05, 4.69) is 5.32 Å². The van der Waals surface area contributed by atoms with Crippen LogP contribution in [0.2, 0.25) is 10.0 Å². The fourth-order valence-corrected chi connectivity index (χ4v) is 1.56. The second-order valence-electron chi connectivity index (χ2n) is 3.91. The molecule has 6 heteroatoms. The SMILES string of the molecule is CC(CCNC(=O)c1ccc(Cl)c(Cl)c1)C(=O)O. The van der Waals surface area contributed by atoms with Gasteiger partial charge in [0, 0.05) is 12.1 Å². The van der Waals surface area contributed by atoms with Gasteiger partial charge in [0.15, 0.2) is 0 Å². The summed E-state index contributed by atoms with van der Waals surface area (Å²) in [6.07, 6.45) is 0.377. The predicted octanol–water partition coefficient (Wildman–Crippen LogP) is 2.83. The van der Waals surface area contributed by atoms with Gasteiger partial charge in [-0.3, -0.25) is 9.59 Å². The maximum Gasteiger partial charge on any atom is 0.306 e. The summed E-state index contributed by atoms with van der Waals surface area (Å²) in [7, 11) is 0. The minimum Gasteiger partial charge on any atom is -0.481 e. The average molecular weight is 290 g/mol. The van der Waals surface area contributed by atoms with Crippen LogP contribution in [-0.4, -0.2) is 23.5 Å². The molecule has 0 aromatic heterocycles. The molecule has 1 aromatic carbocycles. The number of rotatable bonds is 5. The molecular formula is C12H13Cl2NO3. The van der Waals surface area contributed by atoms with Crippen molar-refractivity contribution in [3.8, 4) is 0 Å². The van der Waals surface area contributed by atoms with Crippen molar-refractivity contribution in [1.29, 1.82) is 0 Å². The smallest absolute Gasteiger partial charge is 0.306 e. The van der Waals surface area contributed by atoms with Crippen molar-refractivity contribution in [3.63, 3.8) is 0 Å². The van der Waals surface area contributed by atoms with E-state index in [-0.39, 0.29) is 5.91 Å². The molecule has 1 amide bonds. The van der Waals surface area contributed by atoms with Crippen molar-refractivity contribution in [3.05, 3.63) is 33.8 Å². The van der Waals surface area contributed by atoms with Crippen molar-refractivity contribution in [2.24, 2.45) is 5.92 Å². The molecule has 1 atom stereocenters. The lowest BCUT2D eigenvalue weighted by Crippen LogP contribution is -2.27. The maximum atomic E-state index is 11.7. The van der Waals surface area contributed by atoms with Crippen molar-refractivity contribution >= 4 is 35.1 Å². The molecule has 4 nitrogen and oxygen atoms in total. The summed E-state index contributed by atoms with van der Waals surface area (Å²) in [6, 6.07) is 4.57. The Morgan fingerprint density at radius 1 is 1.33 bits per heavy atom. The van der Waals surface area contributed by atoms with Crippen LogP contribution in [0, 0.1) is 5.92 Å². The molecule has 0 saturated carbocycles. The first-order chi connectivity index (χ1) is 8.41. The monoisotopic (exact) mass is 289 g/mol. The second-order valence-corrected chi connectivity index (χ2v) is 4.73. The highest BCUT2D eigenvalue weighted by atomic mass is 35.5. The summed E-state index contributed by atoms with van der Waals surface area (Å²) in [4.78, 5) is 22.3. The highest BCUT2D eigenvalue weighted by Crippen LogP contribution is 2.22. The third-order valence-corrected chi connectivity index (χ3v) is 3.21. The zero-order valence-corrected chi connectivity index (χ0v) is 11.3. The normalized spacial score (nSPS) is 11.9. The Balaban J connectivity index is 2.50. The van der Waals surface area contributed by atoms with E-state index in [4.69, 9.17) is 28.3 Å². The van der Waals surface area contributed by atoms with E-state index in [1.54, 1.807) is 19.1 Å². The molecule has 0 aliphatic heterocycles. The number of carboxylic acid groups (broad SMARTS) is 1. The number of benzene rings is 1. The van der Waals surface area contributed by atoms with Gasteiger partial charge in [-0.1, -0.05) is 30.1 Å². The zero-order chi connectivity index (χ0) is 13.7. The van der Waals surface area contributed by atoms with Crippen LogP contribution in [0.1, 0.15) is 23.7 Å². The standard InChI is InChI=1S/C12H13Cl2NO3/c1-7(12(17)18)4-5-15-11(16)8-2-3-9(13)10(14)6-8/h2-3,6-7H,4-5H2,1H3,(H,15,16)(H,17,18). The summed E-state index contributed by atoms with van der Waals surface area (Å²) >= 11 is 11.5. The molecule has 0 saturated heterocycles. The Kier molecular flexibility index (Phi) is 5.44. The van der Waals surface area contributed by atoms with Gasteiger partial charge in [0.05, 0.1) is 16.0 Å². The van der Waals surface area contributed by atoms with E-state index in [1.165, 1.54) is 6.07 Å². The molecule has 1 unspecified atom stereocenters. The van der Waals surface area contributed by atoms with Crippen LogP contribution in [0.5, 0.6) is 0 Å². The number of carbonyl (C=O) groups excluding carboxylic acids is 1. The van der Waals surface area contributed by atoms with Gasteiger partial charge in [-0.15, -0.1) is 0 Å². The molecule has 0 aliphatic carbocycles. The van der Waals surface area contributed by atoms with Crippen LogP contribution >= 0.6 is 23.2 Å². The van der Waals surface area contributed by atoms with E-state index < -0.39 is 11.9 Å². The Morgan fingerprint density at radius 3 is 2.56 bits per heavy atom. The first-order valence-electron chi connectivity index (χ1n) is 5.38. The molecule has 0 radical (unpaired) electrons. The highest BCUT2D eigenvalue weighted by Gasteiger charge is 2.12. The third-order valence-electron chi connectivity index (χ3n) is 2.47. The molecule has 98 valence electrons. The van der Waals surface area contributed by atoms with Gasteiger partial charge in [0.1, 0.15) is 0 Å². The number of nitrogens with one attached hydrogen (secondary N) is 1. The van der Waals surface area contributed by atoms with Crippen LogP contribution in [-0.2, 0) is 4.79 Å². The van der Waals surface area contributed by atoms with E-state index in [0.717, 1.165) is 0 Å². The maximum absolute atomic E-state index is 11.7. The number of carboxylic acids is 1. The minimum absolute atomic E-state index is 0.298. The number of hydrogen-bond donors (Lipinski definition) is 2. The second kappa shape index (κ2) is 6.61. The number of carbonyl (C=O) groups is 2. The largest absolute Gasteiger partial charge is 0.481 e. The minimum atomic E-state index is -0.876. The van der Waals surface area contributed by atoms with E-state index >= 15 is 0 Å². The summed E-state index contributed by atoms with van der Waals surface area (Å²) < 4.78 is 0. The van der Waals surface area contributed by atoms with E-state index in [1.807, 2.05) is 0 Å². The lowest BCUT2D eigenvalue weighted by Gasteiger charge is -2.08. The van der Waals surface area contributed by atoms with Crippen LogP contribution in [0.4, 0.5) is 0 Å². The summed E-state index contributed by atoms with van der Waals surface area (Å²) in [6.45, 7) is 1.89. The highest BCUT2D eigenvalue weighted by molar-refractivity contribution is 6.42. The number of hydrogen-bond acceptors (Lipinski definition) is 2. The van der Waals surface area contributed by atoms with Gasteiger partial charge in [0.25, 0.3) is 5.91 Å². The zero-order valence-electron chi connectivity index (χ0n) is 9.74. The molecule has 0 spiro atoms. The topological polar surface area (TPSA) is 66.4 Å². The average Bonchev–Trinajstić information content (AvgIpc) is 2.32. The Bertz CT molecular complexity index is 463. The van der Waals surface area contributed by atoms with E-state index in [0.29, 0.717) is 28.6 Å². The predicted molar refractivity (Wildman–Crippen MR) is 70.2 cm³/mol. The molecule has 18 heavy (non-hydrogen) atoms. The van der Waals surface area contributed by atoms with E-state index in [9.17, 15) is 9.59 Å². The van der Waals surface area contributed by atoms with Crippen LogP contribution < -0.4 is 5.32 Å². The van der Waals surface area contributed by atoms with Crippen molar-refractivity contribution in [2.75, 3.05) is 6.54 Å². The molecule has 0 fully saturated rings. The fraction of sp³-hybridized carbons (Fsp3) is 0.333. The van der Waals surface area contributed by atoms with Gasteiger partial charge >= 0.3 is 5.97 Å². The molecular weight excluding hydrogens is 277 g/mol. The lowest BCUT2D eigenvalue weighted by molar-refractivity contribution is -0.141. The van der Waals surface area contributed by atoms with Crippen molar-refractivity contribution in [1.82, 2.24) is 5.32 Å². The van der Waals surface area contributed by atoms with Crippen molar-refractivity contribution in [2.45, 2.75) is 13.3 Å². The molecule has 1 aromatic rings. The quantitative estimate of drug-likeness (QED) is 0.876. The van der Waals surface area contributed by atoms with Gasteiger partial charge in [0.2, 0.25) is 0 Å². The lowest BCUT2D eigenvalue weighted by atomic mass is 10.1. The molecule has 0 heterocycles. The number of amides is 1. The van der Waals surface area contributed by atoms with Crippen molar-refractivity contribution < 1.29 is 14.7 Å². The van der Waals surface area contributed by atoms with Gasteiger partial charge in [-0.05, 0) is 24.6 Å². The Morgan fingerprint density at radius 2 is 2.00 bits per heavy atom. The third kappa shape index (κ3) is 4.20. The summed E-state index contributed by atoms with van der Waals surface area (Å²) in [5.74, 6) is -1.66. The fourth-order valence-electron chi connectivity index (χ4n) is 1.27. The molecule has 0 aliphatic rings. The molecule has 1 rings (SSSR count). The molecule has 2 N–H and O–H groups in total. The Labute approximate surface area is 115 Å². The first kappa shape index (κ1) is 14.8. The number of aliphatic carboxylic acids is 1.